The van der Waals surface area contributed by atoms with Crippen molar-refractivity contribution in [2.75, 3.05) is 39.8 Å². The van der Waals surface area contributed by atoms with E-state index in [1.807, 2.05) is 0 Å². The summed E-state index contributed by atoms with van der Waals surface area (Å²) in [4.78, 5) is 16.3. The molecule has 5 heteroatoms. The third-order valence-corrected chi connectivity index (χ3v) is 4.90. The van der Waals surface area contributed by atoms with Gasteiger partial charge in [-0.05, 0) is 52.6 Å². The van der Waals surface area contributed by atoms with Gasteiger partial charge in [-0.3, -0.25) is 9.69 Å². The number of rotatable bonds is 8. The molecule has 2 fully saturated rings. The lowest BCUT2D eigenvalue weighted by Crippen LogP contribution is -2.48. The number of hydrogen-bond acceptors (Lipinski definition) is 4. The van der Waals surface area contributed by atoms with Gasteiger partial charge in [-0.1, -0.05) is 0 Å². The van der Waals surface area contributed by atoms with Gasteiger partial charge in [-0.15, -0.1) is 0 Å². The summed E-state index contributed by atoms with van der Waals surface area (Å²) in [6.07, 6.45) is 5.55. The van der Waals surface area contributed by atoms with Gasteiger partial charge in [0.25, 0.3) is 0 Å². The van der Waals surface area contributed by atoms with Crippen LogP contribution in [-0.2, 0) is 4.79 Å². The Morgan fingerprint density at radius 3 is 2.40 bits per heavy atom. The fraction of sp³-hybridized carbons (Fsp3) is 0.933. The molecule has 0 radical (unpaired) electrons. The summed E-state index contributed by atoms with van der Waals surface area (Å²) in [5, 5.41) is 12.1. The van der Waals surface area contributed by atoms with Crippen molar-refractivity contribution in [2.24, 2.45) is 0 Å². The molecule has 1 unspecified atom stereocenters. The van der Waals surface area contributed by atoms with E-state index in [4.69, 9.17) is 0 Å². The average Bonchev–Trinajstić information content (AvgIpc) is 3.28. The Bertz CT molecular complexity index is 325. The Balaban J connectivity index is 1.58. The highest BCUT2D eigenvalue weighted by molar-refractivity contribution is 5.78. The normalized spacial score (nSPS) is 24.5. The maximum absolute atomic E-state index is 11.2. The maximum atomic E-state index is 11.2. The van der Waals surface area contributed by atoms with Gasteiger partial charge in [0.05, 0.1) is 0 Å². The number of hydrogen-bond donors (Lipinski definition) is 2. The van der Waals surface area contributed by atoms with E-state index in [0.29, 0.717) is 6.42 Å². The molecule has 2 rings (SSSR count). The first-order chi connectivity index (χ1) is 9.55. The molecule has 1 aliphatic heterocycles. The summed E-state index contributed by atoms with van der Waals surface area (Å²) in [7, 11) is 1.73. The standard InChI is InChI=1S/C15H29N3O2/c1-15(16-2,14(19)20)7-3-4-8-17-9-11-18(12-10-17)13-5-6-13/h13,16H,3-12H2,1-2H3,(H,19,20). The molecule has 0 aromatic heterocycles. The molecular weight excluding hydrogens is 254 g/mol. The summed E-state index contributed by atoms with van der Waals surface area (Å²) >= 11 is 0. The number of nitrogens with one attached hydrogen (secondary N) is 1. The van der Waals surface area contributed by atoms with Gasteiger partial charge in [-0.25, -0.2) is 0 Å². The van der Waals surface area contributed by atoms with E-state index in [9.17, 15) is 9.90 Å². The molecule has 0 spiro atoms. The second-order valence-electron chi connectivity index (χ2n) is 6.45. The SMILES string of the molecule is CNC(C)(CCCCN1CCN(C2CC2)CC1)C(=O)O. The van der Waals surface area contributed by atoms with Crippen LogP contribution in [-0.4, -0.2) is 72.2 Å². The van der Waals surface area contributed by atoms with Crippen molar-refractivity contribution >= 4 is 5.97 Å². The number of piperazine rings is 1. The molecule has 1 saturated carbocycles. The Morgan fingerprint density at radius 1 is 1.25 bits per heavy atom. The number of carbonyl (C=O) groups is 1. The van der Waals surface area contributed by atoms with E-state index < -0.39 is 11.5 Å². The number of nitrogens with zero attached hydrogens (tertiary/aromatic N) is 2. The van der Waals surface area contributed by atoms with E-state index in [2.05, 4.69) is 15.1 Å². The summed E-state index contributed by atoms with van der Waals surface area (Å²) in [6, 6.07) is 0.893. The molecule has 20 heavy (non-hydrogen) atoms. The largest absolute Gasteiger partial charge is 0.480 e. The molecule has 2 N–H and O–H groups in total. The maximum Gasteiger partial charge on any atom is 0.323 e. The van der Waals surface area contributed by atoms with Crippen LogP contribution in [0, 0.1) is 0 Å². The van der Waals surface area contributed by atoms with E-state index in [-0.39, 0.29) is 0 Å². The lowest BCUT2D eigenvalue weighted by molar-refractivity contribution is -0.144. The van der Waals surface area contributed by atoms with Crippen LogP contribution < -0.4 is 5.32 Å². The predicted molar refractivity (Wildman–Crippen MR) is 80.0 cm³/mol. The highest BCUT2D eigenvalue weighted by atomic mass is 16.4. The highest BCUT2D eigenvalue weighted by Gasteiger charge is 2.32. The number of carboxylic acids is 1. The van der Waals surface area contributed by atoms with Crippen molar-refractivity contribution < 1.29 is 9.90 Å². The summed E-state index contributed by atoms with van der Waals surface area (Å²) in [6.45, 7) is 7.67. The van der Waals surface area contributed by atoms with Gasteiger partial charge in [0.1, 0.15) is 5.54 Å². The summed E-state index contributed by atoms with van der Waals surface area (Å²) < 4.78 is 0. The van der Waals surface area contributed by atoms with Crippen LogP contribution in [0.5, 0.6) is 0 Å². The molecule has 1 aliphatic carbocycles. The summed E-state index contributed by atoms with van der Waals surface area (Å²) in [5.41, 5.74) is -0.773. The smallest absolute Gasteiger partial charge is 0.323 e. The quantitative estimate of drug-likeness (QED) is 0.651. The molecular formula is C15H29N3O2. The van der Waals surface area contributed by atoms with Gasteiger partial charge < -0.3 is 15.3 Å². The number of likely N-dealkylation sites (N-methyl/N-ethyl adjacent to an activating group) is 1. The van der Waals surface area contributed by atoms with E-state index in [1.54, 1.807) is 14.0 Å². The molecule has 0 aromatic rings. The first-order valence-corrected chi connectivity index (χ1v) is 7.94. The van der Waals surface area contributed by atoms with Gasteiger partial charge >= 0.3 is 5.97 Å². The molecule has 5 nitrogen and oxygen atoms in total. The fourth-order valence-corrected chi connectivity index (χ4v) is 2.94. The third kappa shape index (κ3) is 4.17. The average molecular weight is 283 g/mol. The van der Waals surface area contributed by atoms with Crippen molar-refractivity contribution in [1.29, 1.82) is 0 Å². The minimum Gasteiger partial charge on any atom is -0.480 e. The monoisotopic (exact) mass is 283 g/mol. The number of unbranched alkanes of at least 4 members (excludes halogenated alkanes) is 1. The van der Waals surface area contributed by atoms with Crippen LogP contribution in [0.2, 0.25) is 0 Å². The minimum atomic E-state index is -0.773. The van der Waals surface area contributed by atoms with Crippen LogP contribution in [0.25, 0.3) is 0 Å². The van der Waals surface area contributed by atoms with Crippen molar-refractivity contribution in [3.05, 3.63) is 0 Å². The van der Waals surface area contributed by atoms with E-state index >= 15 is 0 Å². The van der Waals surface area contributed by atoms with Crippen LogP contribution in [0.3, 0.4) is 0 Å². The van der Waals surface area contributed by atoms with Crippen molar-refractivity contribution in [3.8, 4) is 0 Å². The second kappa shape index (κ2) is 6.87. The Hall–Kier alpha value is -0.650. The minimum absolute atomic E-state index is 0.695. The van der Waals surface area contributed by atoms with Crippen LogP contribution >= 0.6 is 0 Å². The topological polar surface area (TPSA) is 55.8 Å². The third-order valence-electron chi connectivity index (χ3n) is 4.90. The molecule has 2 aliphatic rings. The van der Waals surface area contributed by atoms with E-state index in [1.165, 1.54) is 39.0 Å². The molecule has 0 bridgehead atoms. The van der Waals surface area contributed by atoms with Crippen LogP contribution in [0.4, 0.5) is 0 Å². The Morgan fingerprint density at radius 2 is 1.90 bits per heavy atom. The molecule has 116 valence electrons. The van der Waals surface area contributed by atoms with Gasteiger partial charge in [-0.2, -0.15) is 0 Å². The Kier molecular flexibility index (Phi) is 5.41. The molecule has 1 heterocycles. The molecule has 0 amide bonds. The van der Waals surface area contributed by atoms with Crippen molar-refractivity contribution in [3.63, 3.8) is 0 Å². The molecule has 1 atom stereocenters. The predicted octanol–water partition coefficient (Wildman–Crippen LogP) is 0.999. The molecule has 0 aromatic carbocycles. The lowest BCUT2D eigenvalue weighted by atomic mass is 9.95. The first-order valence-electron chi connectivity index (χ1n) is 7.94. The van der Waals surface area contributed by atoms with Crippen LogP contribution in [0.1, 0.15) is 39.0 Å². The number of carboxylic acid groups (broad SMARTS) is 1. The second-order valence-corrected chi connectivity index (χ2v) is 6.45. The van der Waals surface area contributed by atoms with Gasteiger partial charge in [0.2, 0.25) is 0 Å². The van der Waals surface area contributed by atoms with Crippen molar-refractivity contribution in [1.82, 2.24) is 15.1 Å². The van der Waals surface area contributed by atoms with Gasteiger partial charge in [0, 0.05) is 32.2 Å². The lowest BCUT2D eigenvalue weighted by Gasteiger charge is -2.35. The number of aliphatic carboxylic acids is 1. The first kappa shape index (κ1) is 15.7. The zero-order chi connectivity index (χ0) is 14.6. The van der Waals surface area contributed by atoms with E-state index in [0.717, 1.165) is 25.4 Å². The Labute approximate surface area is 122 Å². The fourth-order valence-electron chi connectivity index (χ4n) is 2.94. The zero-order valence-corrected chi connectivity index (χ0v) is 12.9. The molecule has 1 saturated heterocycles. The van der Waals surface area contributed by atoms with Gasteiger partial charge in [0.15, 0.2) is 0 Å². The van der Waals surface area contributed by atoms with Crippen LogP contribution in [0.15, 0.2) is 0 Å². The van der Waals surface area contributed by atoms with Crippen molar-refractivity contribution in [2.45, 2.75) is 50.6 Å². The summed E-state index contributed by atoms with van der Waals surface area (Å²) in [5.74, 6) is -0.752. The highest BCUT2D eigenvalue weighted by Crippen LogP contribution is 2.27. The zero-order valence-electron chi connectivity index (χ0n) is 12.9.